The summed E-state index contributed by atoms with van der Waals surface area (Å²) in [6.45, 7) is 3.33. The van der Waals surface area contributed by atoms with Crippen molar-refractivity contribution in [2.75, 3.05) is 46.2 Å². The first-order valence-electron chi connectivity index (χ1n) is 13.3. The van der Waals surface area contributed by atoms with Crippen molar-refractivity contribution in [3.63, 3.8) is 0 Å². The average molecular weight is 463 g/mol. The van der Waals surface area contributed by atoms with E-state index in [0.717, 1.165) is 19.8 Å². The number of unbranched alkanes of at least 4 members (excludes halogenated alkanes) is 15. The largest absolute Gasteiger partial charge is 0.396 e. The van der Waals surface area contributed by atoms with Gasteiger partial charge in [0.25, 0.3) is 0 Å². The molecule has 194 valence electrons. The zero-order valence-electron chi connectivity index (χ0n) is 20.9. The van der Waals surface area contributed by atoms with Crippen LogP contribution in [0, 0.1) is 5.41 Å². The van der Waals surface area contributed by atoms with Crippen molar-refractivity contribution in [3.05, 3.63) is 0 Å². The van der Waals surface area contributed by atoms with Crippen molar-refractivity contribution in [2.24, 2.45) is 5.41 Å². The Kier molecular flexibility index (Phi) is 23.7. The lowest BCUT2D eigenvalue weighted by Gasteiger charge is -2.23. The van der Waals surface area contributed by atoms with Gasteiger partial charge in [0.05, 0.1) is 45.1 Å². The van der Waals surface area contributed by atoms with Crippen LogP contribution in [-0.4, -0.2) is 72.8 Å². The summed E-state index contributed by atoms with van der Waals surface area (Å²) in [7, 11) is 0. The summed E-state index contributed by atoms with van der Waals surface area (Å²) in [6, 6.07) is 0. The van der Waals surface area contributed by atoms with Crippen LogP contribution in [0.25, 0.3) is 0 Å². The molecule has 1 aliphatic rings. The molecule has 1 heterocycles. The van der Waals surface area contributed by atoms with Crippen LogP contribution in [0.15, 0.2) is 0 Å². The second kappa shape index (κ2) is 23.9. The molecule has 0 saturated carbocycles. The van der Waals surface area contributed by atoms with Gasteiger partial charge in [-0.3, -0.25) is 0 Å². The van der Waals surface area contributed by atoms with E-state index in [4.69, 9.17) is 29.9 Å². The molecule has 0 radical (unpaired) electrons. The van der Waals surface area contributed by atoms with Gasteiger partial charge in [0.2, 0.25) is 0 Å². The number of ether oxygens (including phenoxy) is 2. The van der Waals surface area contributed by atoms with E-state index in [-0.39, 0.29) is 0 Å². The standard InChI is InChI=1S/C21H42O2.C5H12O4/c1-2-3-4-5-6-7-8-9-10-11-12-13-14-15-16-17-18-22-19-21-20-23-21;6-1-5(2-7,3-8)4-9/h21H,2-20H2,1H3;6-9H,1-4H2. The van der Waals surface area contributed by atoms with E-state index >= 15 is 0 Å². The van der Waals surface area contributed by atoms with Gasteiger partial charge in [-0.15, -0.1) is 0 Å². The highest BCUT2D eigenvalue weighted by molar-refractivity contribution is 4.75. The number of hydrogen-bond acceptors (Lipinski definition) is 6. The average Bonchev–Trinajstić information content (AvgIpc) is 3.65. The molecule has 0 aromatic rings. The van der Waals surface area contributed by atoms with Crippen LogP contribution in [0.4, 0.5) is 0 Å². The number of hydrogen-bond donors (Lipinski definition) is 4. The first-order chi connectivity index (χ1) is 15.7. The van der Waals surface area contributed by atoms with Gasteiger partial charge in [-0.2, -0.15) is 0 Å². The summed E-state index contributed by atoms with van der Waals surface area (Å²) >= 11 is 0. The maximum absolute atomic E-state index is 8.50. The Balaban J connectivity index is 0.000000900. The third-order valence-corrected chi connectivity index (χ3v) is 6.19. The maximum atomic E-state index is 8.50. The van der Waals surface area contributed by atoms with Crippen molar-refractivity contribution in [3.8, 4) is 0 Å². The van der Waals surface area contributed by atoms with Gasteiger partial charge < -0.3 is 29.9 Å². The van der Waals surface area contributed by atoms with E-state index < -0.39 is 31.8 Å². The predicted molar refractivity (Wildman–Crippen MR) is 131 cm³/mol. The minimum atomic E-state index is -1.11. The van der Waals surface area contributed by atoms with Crippen LogP contribution in [0.2, 0.25) is 0 Å². The maximum Gasteiger partial charge on any atom is 0.104 e. The highest BCUT2D eigenvalue weighted by atomic mass is 16.6. The van der Waals surface area contributed by atoms with Crippen molar-refractivity contribution in [2.45, 2.75) is 116 Å². The summed E-state index contributed by atoms with van der Waals surface area (Å²) in [4.78, 5) is 0. The molecule has 0 aromatic heterocycles. The fourth-order valence-corrected chi connectivity index (χ4v) is 3.43. The molecule has 4 N–H and O–H groups in total. The molecular formula is C26H54O6. The normalized spacial score (nSPS) is 15.5. The molecule has 0 aliphatic carbocycles. The molecule has 1 atom stereocenters. The lowest BCUT2D eigenvalue weighted by Crippen LogP contribution is -2.37. The quantitative estimate of drug-likeness (QED) is 0.131. The van der Waals surface area contributed by atoms with Gasteiger partial charge in [0.15, 0.2) is 0 Å². The Labute approximate surface area is 197 Å². The topological polar surface area (TPSA) is 103 Å². The van der Waals surface area contributed by atoms with Crippen molar-refractivity contribution < 1.29 is 29.9 Å². The predicted octanol–water partition coefficient (Wildman–Crippen LogP) is 4.61. The fraction of sp³-hybridized carbons (Fsp3) is 1.00. The Bertz CT molecular complexity index is 341. The second-order valence-corrected chi connectivity index (χ2v) is 9.47. The van der Waals surface area contributed by atoms with Gasteiger partial charge in [0.1, 0.15) is 6.10 Å². The van der Waals surface area contributed by atoms with E-state index in [0.29, 0.717) is 6.10 Å². The lowest BCUT2D eigenvalue weighted by atomic mass is 9.93. The molecule has 0 bridgehead atoms. The number of aliphatic hydroxyl groups is 4. The van der Waals surface area contributed by atoms with E-state index in [9.17, 15) is 0 Å². The summed E-state index contributed by atoms with van der Waals surface area (Å²) in [5, 5.41) is 34.0. The molecule has 1 fully saturated rings. The Morgan fingerprint density at radius 2 is 0.969 bits per heavy atom. The third-order valence-electron chi connectivity index (χ3n) is 6.19. The third kappa shape index (κ3) is 20.4. The molecule has 6 heteroatoms. The van der Waals surface area contributed by atoms with Crippen LogP contribution in [0.3, 0.4) is 0 Å². The SMILES string of the molecule is CCCCCCCCCCCCCCCCCCOCC1CO1.OCC(CO)(CO)CO. The minimum Gasteiger partial charge on any atom is -0.396 e. The molecular weight excluding hydrogens is 408 g/mol. The van der Waals surface area contributed by atoms with E-state index in [1.54, 1.807) is 0 Å². The van der Waals surface area contributed by atoms with Gasteiger partial charge in [-0.05, 0) is 6.42 Å². The molecule has 1 saturated heterocycles. The fourth-order valence-electron chi connectivity index (χ4n) is 3.43. The number of aliphatic hydroxyl groups excluding tert-OH is 4. The van der Waals surface area contributed by atoms with Crippen molar-refractivity contribution >= 4 is 0 Å². The Morgan fingerprint density at radius 3 is 1.25 bits per heavy atom. The van der Waals surface area contributed by atoms with Gasteiger partial charge in [-0.25, -0.2) is 0 Å². The van der Waals surface area contributed by atoms with Gasteiger partial charge >= 0.3 is 0 Å². The zero-order valence-corrected chi connectivity index (χ0v) is 20.9. The van der Waals surface area contributed by atoms with Crippen LogP contribution in [-0.2, 0) is 9.47 Å². The molecule has 32 heavy (non-hydrogen) atoms. The first-order valence-corrected chi connectivity index (χ1v) is 13.3. The smallest absolute Gasteiger partial charge is 0.104 e. The first kappa shape index (κ1) is 31.8. The lowest BCUT2D eigenvalue weighted by molar-refractivity contribution is -0.0328. The summed E-state index contributed by atoms with van der Waals surface area (Å²) in [5.41, 5.74) is -1.11. The van der Waals surface area contributed by atoms with E-state index in [1.165, 1.54) is 103 Å². The number of epoxide rings is 1. The van der Waals surface area contributed by atoms with Crippen LogP contribution < -0.4 is 0 Å². The molecule has 0 amide bonds. The van der Waals surface area contributed by atoms with Crippen molar-refractivity contribution in [1.29, 1.82) is 0 Å². The Hall–Kier alpha value is -0.240. The van der Waals surface area contributed by atoms with Crippen LogP contribution >= 0.6 is 0 Å². The van der Waals surface area contributed by atoms with Crippen LogP contribution in [0.5, 0.6) is 0 Å². The van der Waals surface area contributed by atoms with E-state index in [1.807, 2.05) is 0 Å². The molecule has 0 spiro atoms. The summed E-state index contributed by atoms with van der Waals surface area (Å²) in [5.74, 6) is 0. The van der Waals surface area contributed by atoms with E-state index in [2.05, 4.69) is 6.92 Å². The monoisotopic (exact) mass is 462 g/mol. The molecule has 1 rings (SSSR count). The summed E-state index contributed by atoms with van der Waals surface area (Å²) < 4.78 is 10.7. The van der Waals surface area contributed by atoms with Gasteiger partial charge in [-0.1, -0.05) is 103 Å². The summed E-state index contributed by atoms with van der Waals surface area (Å²) in [6.07, 6.45) is 23.2. The van der Waals surface area contributed by atoms with Crippen LogP contribution in [0.1, 0.15) is 110 Å². The second-order valence-electron chi connectivity index (χ2n) is 9.47. The van der Waals surface area contributed by atoms with Crippen molar-refractivity contribution in [1.82, 2.24) is 0 Å². The highest BCUT2D eigenvalue weighted by Gasteiger charge is 2.26. The molecule has 1 unspecified atom stereocenters. The molecule has 1 aliphatic heterocycles. The van der Waals surface area contributed by atoms with Gasteiger partial charge in [0, 0.05) is 6.61 Å². The molecule has 6 nitrogen and oxygen atoms in total. The molecule has 0 aromatic carbocycles. The zero-order chi connectivity index (χ0) is 23.8. The highest BCUT2D eigenvalue weighted by Crippen LogP contribution is 2.14. The minimum absolute atomic E-state index is 0.406. The Morgan fingerprint density at radius 1 is 0.625 bits per heavy atom. The number of rotatable bonds is 23.